The lowest BCUT2D eigenvalue weighted by molar-refractivity contribution is -0.384. The molecular formula is C16H16ClN3O4S. The highest BCUT2D eigenvalue weighted by atomic mass is 35.5. The Morgan fingerprint density at radius 2 is 1.64 bits per heavy atom. The van der Waals surface area contributed by atoms with Crippen molar-refractivity contribution >= 4 is 33.0 Å². The molecule has 132 valence electrons. The van der Waals surface area contributed by atoms with E-state index in [9.17, 15) is 18.5 Å². The van der Waals surface area contributed by atoms with Crippen molar-refractivity contribution in [2.24, 2.45) is 0 Å². The summed E-state index contributed by atoms with van der Waals surface area (Å²) < 4.78 is 26.7. The summed E-state index contributed by atoms with van der Waals surface area (Å²) in [5.74, 6) is 0. The average molecular weight is 382 g/mol. The number of nitro groups is 1. The number of halogens is 1. The highest BCUT2D eigenvalue weighted by Crippen LogP contribution is 2.31. The lowest BCUT2D eigenvalue weighted by Crippen LogP contribution is -2.48. The van der Waals surface area contributed by atoms with Gasteiger partial charge in [-0.05, 0) is 18.2 Å². The third kappa shape index (κ3) is 3.60. The van der Waals surface area contributed by atoms with Crippen LogP contribution in [0.15, 0.2) is 53.4 Å². The summed E-state index contributed by atoms with van der Waals surface area (Å²) in [5, 5.41) is 11.1. The van der Waals surface area contributed by atoms with Crippen molar-refractivity contribution in [3.05, 3.63) is 63.7 Å². The van der Waals surface area contributed by atoms with Crippen molar-refractivity contribution < 1.29 is 13.3 Å². The summed E-state index contributed by atoms with van der Waals surface area (Å²) in [4.78, 5) is 12.5. The molecule has 0 N–H and O–H groups in total. The van der Waals surface area contributed by atoms with Gasteiger partial charge in [0.15, 0.2) is 0 Å². The minimum absolute atomic E-state index is 0.0703. The first-order valence-electron chi connectivity index (χ1n) is 7.64. The fourth-order valence-corrected chi connectivity index (χ4v) is 4.51. The van der Waals surface area contributed by atoms with Crippen LogP contribution in [0, 0.1) is 10.1 Å². The van der Waals surface area contributed by atoms with Crippen LogP contribution in [-0.2, 0) is 10.0 Å². The number of nitrogens with zero attached hydrogens (tertiary/aromatic N) is 3. The van der Waals surface area contributed by atoms with Gasteiger partial charge in [0.25, 0.3) is 5.69 Å². The highest BCUT2D eigenvalue weighted by Gasteiger charge is 2.29. The second-order valence-electron chi connectivity index (χ2n) is 5.60. The van der Waals surface area contributed by atoms with Crippen LogP contribution >= 0.6 is 11.6 Å². The second kappa shape index (κ2) is 6.99. The van der Waals surface area contributed by atoms with E-state index in [1.54, 1.807) is 36.4 Å². The van der Waals surface area contributed by atoms with Crippen LogP contribution in [0.3, 0.4) is 0 Å². The molecular weight excluding hydrogens is 366 g/mol. The lowest BCUT2D eigenvalue weighted by Gasteiger charge is -2.35. The second-order valence-corrected chi connectivity index (χ2v) is 7.94. The van der Waals surface area contributed by atoms with Gasteiger partial charge in [-0.2, -0.15) is 4.31 Å². The highest BCUT2D eigenvalue weighted by molar-refractivity contribution is 7.89. The molecule has 7 nitrogen and oxygen atoms in total. The largest absolute Gasteiger partial charge is 0.368 e. The molecule has 25 heavy (non-hydrogen) atoms. The van der Waals surface area contributed by atoms with Crippen molar-refractivity contribution in [2.75, 3.05) is 31.1 Å². The Bertz CT molecular complexity index is 882. The van der Waals surface area contributed by atoms with Gasteiger partial charge in [0.2, 0.25) is 10.0 Å². The molecule has 9 heteroatoms. The molecule has 0 atom stereocenters. The number of hydrogen-bond acceptors (Lipinski definition) is 5. The number of rotatable bonds is 4. The maximum atomic E-state index is 12.6. The number of benzene rings is 2. The fraction of sp³-hybridized carbons (Fsp3) is 0.250. The van der Waals surface area contributed by atoms with Crippen molar-refractivity contribution in [3.8, 4) is 0 Å². The zero-order valence-corrected chi connectivity index (χ0v) is 14.8. The maximum Gasteiger partial charge on any atom is 0.271 e. The van der Waals surface area contributed by atoms with Gasteiger partial charge in [-0.25, -0.2) is 8.42 Å². The van der Waals surface area contributed by atoms with Gasteiger partial charge in [-0.1, -0.05) is 29.8 Å². The summed E-state index contributed by atoms with van der Waals surface area (Å²) in [6, 6.07) is 12.6. The molecule has 1 aliphatic rings. The Kier molecular flexibility index (Phi) is 4.94. The number of piperazine rings is 1. The zero-order valence-electron chi connectivity index (χ0n) is 13.2. The van der Waals surface area contributed by atoms with Crippen LogP contribution in [0.1, 0.15) is 0 Å². The van der Waals surface area contributed by atoms with Crippen LogP contribution in [0.5, 0.6) is 0 Å². The predicted octanol–water partition coefficient (Wildman–Crippen LogP) is 2.76. The first-order chi connectivity index (χ1) is 11.9. The molecule has 0 aliphatic carbocycles. The van der Waals surface area contributed by atoms with Crippen LogP contribution in [0.4, 0.5) is 11.4 Å². The average Bonchev–Trinajstić information content (AvgIpc) is 2.62. The predicted molar refractivity (Wildman–Crippen MR) is 95.5 cm³/mol. The number of non-ortho nitro benzene ring substituents is 1. The van der Waals surface area contributed by atoms with Crippen LogP contribution in [-0.4, -0.2) is 43.8 Å². The third-order valence-corrected chi connectivity index (χ3v) is 6.32. The summed E-state index contributed by atoms with van der Waals surface area (Å²) in [6.45, 7) is 1.57. The number of hydrogen-bond donors (Lipinski definition) is 0. The van der Waals surface area contributed by atoms with E-state index in [0.717, 1.165) is 0 Å². The van der Waals surface area contributed by atoms with Crippen molar-refractivity contribution in [3.63, 3.8) is 0 Å². The normalized spacial score (nSPS) is 16.0. The monoisotopic (exact) mass is 381 g/mol. The van der Waals surface area contributed by atoms with Gasteiger partial charge in [0, 0.05) is 38.3 Å². The van der Waals surface area contributed by atoms with Gasteiger partial charge in [0.1, 0.15) is 0 Å². The SMILES string of the molecule is O=[N+]([O-])c1ccc(N2CCN(S(=O)(=O)c3ccccc3)CC2)c(Cl)c1. The quantitative estimate of drug-likeness (QED) is 0.600. The van der Waals surface area contributed by atoms with Crippen LogP contribution in [0.2, 0.25) is 5.02 Å². The zero-order chi connectivity index (χ0) is 18.0. The molecule has 1 heterocycles. The Morgan fingerprint density at radius 1 is 1.00 bits per heavy atom. The standard InChI is InChI=1S/C16H16ClN3O4S/c17-15-12-13(20(21)22)6-7-16(15)18-8-10-19(11-9-18)25(23,24)14-4-2-1-3-5-14/h1-7,12H,8-11H2. The fourth-order valence-electron chi connectivity index (χ4n) is 2.78. The molecule has 2 aromatic carbocycles. The Balaban J connectivity index is 1.73. The van der Waals surface area contributed by atoms with E-state index in [4.69, 9.17) is 11.6 Å². The first kappa shape index (κ1) is 17.7. The van der Waals surface area contributed by atoms with Gasteiger partial charge in [0.05, 0.1) is 20.5 Å². The van der Waals surface area contributed by atoms with E-state index < -0.39 is 14.9 Å². The third-order valence-electron chi connectivity index (χ3n) is 4.10. The van der Waals surface area contributed by atoms with E-state index in [1.165, 1.54) is 16.4 Å². The Hall–Kier alpha value is -2.16. The molecule has 0 saturated carbocycles. The molecule has 0 unspecified atom stereocenters. The van der Waals surface area contributed by atoms with E-state index in [0.29, 0.717) is 31.9 Å². The van der Waals surface area contributed by atoms with Gasteiger partial charge in [-0.15, -0.1) is 0 Å². The summed E-state index contributed by atoms with van der Waals surface area (Å²) in [7, 11) is -3.51. The van der Waals surface area contributed by atoms with Crippen molar-refractivity contribution in [2.45, 2.75) is 4.90 Å². The number of sulfonamides is 1. The van der Waals surface area contributed by atoms with E-state index in [2.05, 4.69) is 0 Å². The van der Waals surface area contributed by atoms with Gasteiger partial charge >= 0.3 is 0 Å². The van der Waals surface area contributed by atoms with Crippen LogP contribution < -0.4 is 4.90 Å². The molecule has 1 saturated heterocycles. The first-order valence-corrected chi connectivity index (χ1v) is 9.45. The molecule has 0 amide bonds. The molecule has 1 fully saturated rings. The topological polar surface area (TPSA) is 83.8 Å². The van der Waals surface area contributed by atoms with E-state index in [1.807, 2.05) is 4.90 Å². The Morgan fingerprint density at radius 3 is 2.20 bits per heavy atom. The summed E-state index contributed by atoms with van der Waals surface area (Å²) in [5.41, 5.74) is 0.600. The lowest BCUT2D eigenvalue weighted by atomic mass is 10.2. The molecule has 0 aromatic heterocycles. The minimum atomic E-state index is -3.51. The number of nitro benzene ring substituents is 1. The molecule has 0 bridgehead atoms. The van der Waals surface area contributed by atoms with Gasteiger partial charge in [-0.3, -0.25) is 10.1 Å². The molecule has 0 spiro atoms. The summed E-state index contributed by atoms with van der Waals surface area (Å²) >= 11 is 6.15. The van der Waals surface area contributed by atoms with Crippen molar-refractivity contribution in [1.29, 1.82) is 0 Å². The maximum absolute atomic E-state index is 12.6. The van der Waals surface area contributed by atoms with E-state index >= 15 is 0 Å². The smallest absolute Gasteiger partial charge is 0.271 e. The molecule has 1 aliphatic heterocycles. The van der Waals surface area contributed by atoms with Crippen LogP contribution in [0.25, 0.3) is 0 Å². The number of anilines is 1. The summed E-state index contributed by atoms with van der Waals surface area (Å²) in [6.07, 6.45) is 0. The van der Waals surface area contributed by atoms with Gasteiger partial charge < -0.3 is 4.90 Å². The Labute approximate surface area is 150 Å². The molecule has 2 aromatic rings. The molecule has 3 rings (SSSR count). The van der Waals surface area contributed by atoms with Crippen molar-refractivity contribution in [1.82, 2.24) is 4.31 Å². The minimum Gasteiger partial charge on any atom is -0.368 e. The molecule has 0 radical (unpaired) electrons. The van der Waals surface area contributed by atoms with E-state index in [-0.39, 0.29) is 15.6 Å².